The Labute approximate surface area is 123 Å². The molecular weight excluding hydrogens is 256 g/mol. The van der Waals surface area contributed by atoms with Crippen LogP contribution in [0, 0.1) is 11.8 Å². The van der Waals surface area contributed by atoms with Crippen molar-refractivity contribution in [2.24, 2.45) is 11.8 Å². The van der Waals surface area contributed by atoms with Gasteiger partial charge in [0.2, 0.25) is 0 Å². The van der Waals surface area contributed by atoms with Crippen LogP contribution < -0.4 is 0 Å². The molecule has 0 N–H and O–H groups in total. The van der Waals surface area contributed by atoms with Crippen LogP contribution in [0.2, 0.25) is 0 Å². The number of fused-ring (bicyclic) bond motifs is 1. The molecular formula is C16H30O4. The molecule has 0 amide bonds. The first-order valence-corrected chi connectivity index (χ1v) is 8.04. The lowest BCUT2D eigenvalue weighted by atomic mass is 9.69. The summed E-state index contributed by atoms with van der Waals surface area (Å²) in [6.45, 7) is 2.89. The Hall–Kier alpha value is -0.160. The summed E-state index contributed by atoms with van der Waals surface area (Å²) in [5.41, 5.74) is 0. The highest BCUT2D eigenvalue weighted by atomic mass is 16.5. The van der Waals surface area contributed by atoms with Gasteiger partial charge in [-0.2, -0.15) is 0 Å². The molecule has 4 nitrogen and oxygen atoms in total. The summed E-state index contributed by atoms with van der Waals surface area (Å²) in [5.74, 6) is 1.69. The third-order valence-corrected chi connectivity index (χ3v) is 4.80. The second-order valence-corrected chi connectivity index (χ2v) is 6.12. The predicted molar refractivity (Wildman–Crippen MR) is 77.9 cm³/mol. The maximum absolute atomic E-state index is 5.91. The Bertz CT molecular complexity index is 233. The smallest absolute Gasteiger partial charge is 0.0704 e. The molecule has 0 saturated heterocycles. The second-order valence-electron chi connectivity index (χ2n) is 6.12. The highest BCUT2D eigenvalue weighted by Gasteiger charge is 2.36. The highest BCUT2D eigenvalue weighted by molar-refractivity contribution is 4.87. The van der Waals surface area contributed by atoms with Gasteiger partial charge >= 0.3 is 0 Å². The maximum Gasteiger partial charge on any atom is 0.0704 e. The SMILES string of the molecule is COCCOC1CCC2CC(OCCOC)CCC2C1. The van der Waals surface area contributed by atoms with E-state index in [1.165, 1.54) is 38.5 Å². The van der Waals surface area contributed by atoms with E-state index in [1.54, 1.807) is 14.2 Å². The number of ether oxygens (including phenoxy) is 4. The molecule has 4 heteroatoms. The van der Waals surface area contributed by atoms with Crippen molar-refractivity contribution in [3.05, 3.63) is 0 Å². The lowest BCUT2D eigenvalue weighted by molar-refractivity contribution is -0.0635. The fourth-order valence-corrected chi connectivity index (χ4v) is 3.70. The van der Waals surface area contributed by atoms with E-state index in [9.17, 15) is 0 Å². The van der Waals surface area contributed by atoms with Gasteiger partial charge in [0.15, 0.2) is 0 Å². The minimum Gasteiger partial charge on any atom is -0.382 e. The van der Waals surface area contributed by atoms with Crippen molar-refractivity contribution < 1.29 is 18.9 Å². The molecule has 2 rings (SSSR count). The minimum atomic E-state index is 0.456. The van der Waals surface area contributed by atoms with Crippen LogP contribution in [0.3, 0.4) is 0 Å². The van der Waals surface area contributed by atoms with E-state index in [2.05, 4.69) is 0 Å². The summed E-state index contributed by atoms with van der Waals surface area (Å²) < 4.78 is 21.9. The quantitative estimate of drug-likeness (QED) is 0.643. The molecule has 2 aliphatic carbocycles. The van der Waals surface area contributed by atoms with Gasteiger partial charge in [-0.3, -0.25) is 0 Å². The zero-order chi connectivity index (χ0) is 14.2. The Balaban J connectivity index is 1.66. The molecule has 4 atom stereocenters. The second kappa shape index (κ2) is 8.98. The zero-order valence-corrected chi connectivity index (χ0v) is 13.0. The fourth-order valence-electron chi connectivity index (χ4n) is 3.70. The molecule has 118 valence electrons. The molecule has 2 saturated carbocycles. The Morgan fingerprint density at radius 1 is 0.650 bits per heavy atom. The molecule has 2 fully saturated rings. The summed E-state index contributed by atoms with van der Waals surface area (Å²) >= 11 is 0. The summed E-state index contributed by atoms with van der Waals surface area (Å²) in [6, 6.07) is 0. The molecule has 0 aliphatic heterocycles. The molecule has 0 aromatic heterocycles. The van der Waals surface area contributed by atoms with E-state index in [-0.39, 0.29) is 0 Å². The maximum atomic E-state index is 5.91. The van der Waals surface area contributed by atoms with Crippen LogP contribution >= 0.6 is 0 Å². The van der Waals surface area contributed by atoms with E-state index in [1.807, 2.05) is 0 Å². The van der Waals surface area contributed by atoms with Gasteiger partial charge in [-0.25, -0.2) is 0 Å². The minimum absolute atomic E-state index is 0.456. The van der Waals surface area contributed by atoms with Gasteiger partial charge < -0.3 is 18.9 Å². The first-order valence-electron chi connectivity index (χ1n) is 8.04. The van der Waals surface area contributed by atoms with E-state index in [0.29, 0.717) is 25.4 Å². The highest BCUT2D eigenvalue weighted by Crippen LogP contribution is 2.42. The Morgan fingerprint density at radius 2 is 1.10 bits per heavy atom. The van der Waals surface area contributed by atoms with Crippen molar-refractivity contribution in [3.63, 3.8) is 0 Å². The molecule has 0 heterocycles. The standard InChI is InChI=1S/C16H30O4/c1-17-7-9-19-15-5-3-14-12-16(20-10-8-18-2)6-4-13(14)11-15/h13-16H,3-12H2,1-2H3. The van der Waals surface area contributed by atoms with Crippen molar-refractivity contribution >= 4 is 0 Å². The van der Waals surface area contributed by atoms with Gasteiger partial charge in [0.05, 0.1) is 38.6 Å². The van der Waals surface area contributed by atoms with Crippen molar-refractivity contribution in [1.29, 1.82) is 0 Å². The van der Waals surface area contributed by atoms with Crippen molar-refractivity contribution in [2.45, 2.75) is 50.7 Å². The normalized spacial score (nSPS) is 33.9. The average molecular weight is 286 g/mol. The number of hydrogen-bond donors (Lipinski definition) is 0. The fraction of sp³-hybridized carbons (Fsp3) is 1.00. The van der Waals surface area contributed by atoms with E-state index < -0.39 is 0 Å². The van der Waals surface area contributed by atoms with Crippen LogP contribution in [0.15, 0.2) is 0 Å². The third kappa shape index (κ3) is 4.99. The van der Waals surface area contributed by atoms with Crippen molar-refractivity contribution in [1.82, 2.24) is 0 Å². The van der Waals surface area contributed by atoms with E-state index in [0.717, 1.165) is 25.0 Å². The van der Waals surface area contributed by atoms with Gasteiger partial charge in [-0.15, -0.1) is 0 Å². The van der Waals surface area contributed by atoms with Crippen molar-refractivity contribution in [2.75, 3.05) is 40.6 Å². The van der Waals surface area contributed by atoms with Gasteiger partial charge in [0.25, 0.3) is 0 Å². The van der Waals surface area contributed by atoms with E-state index >= 15 is 0 Å². The van der Waals surface area contributed by atoms with Crippen molar-refractivity contribution in [3.8, 4) is 0 Å². The van der Waals surface area contributed by atoms with Crippen LogP contribution in [0.1, 0.15) is 38.5 Å². The number of hydrogen-bond acceptors (Lipinski definition) is 4. The summed E-state index contributed by atoms with van der Waals surface area (Å²) in [4.78, 5) is 0. The predicted octanol–water partition coefficient (Wildman–Crippen LogP) is 2.65. The van der Waals surface area contributed by atoms with Crippen LogP contribution in [0.4, 0.5) is 0 Å². The van der Waals surface area contributed by atoms with Crippen LogP contribution in [0.5, 0.6) is 0 Å². The van der Waals surface area contributed by atoms with Gasteiger partial charge in [-0.05, 0) is 50.4 Å². The molecule has 0 aromatic carbocycles. The van der Waals surface area contributed by atoms with Gasteiger partial charge in [0.1, 0.15) is 0 Å². The van der Waals surface area contributed by atoms with Gasteiger partial charge in [-0.1, -0.05) is 0 Å². The van der Waals surface area contributed by atoms with E-state index in [4.69, 9.17) is 18.9 Å². The Morgan fingerprint density at radius 3 is 1.50 bits per heavy atom. The molecule has 2 aliphatic rings. The van der Waals surface area contributed by atoms with Crippen LogP contribution in [-0.4, -0.2) is 52.9 Å². The lowest BCUT2D eigenvalue weighted by Crippen LogP contribution is -2.37. The zero-order valence-electron chi connectivity index (χ0n) is 13.0. The van der Waals surface area contributed by atoms with Gasteiger partial charge in [0, 0.05) is 14.2 Å². The Kier molecular flexibility index (Phi) is 7.28. The number of rotatable bonds is 8. The third-order valence-electron chi connectivity index (χ3n) is 4.80. The molecule has 0 bridgehead atoms. The first kappa shape index (κ1) is 16.2. The largest absolute Gasteiger partial charge is 0.382 e. The monoisotopic (exact) mass is 286 g/mol. The van der Waals surface area contributed by atoms with Crippen LogP contribution in [-0.2, 0) is 18.9 Å². The molecule has 0 radical (unpaired) electrons. The summed E-state index contributed by atoms with van der Waals surface area (Å²) in [6.07, 6.45) is 8.39. The summed E-state index contributed by atoms with van der Waals surface area (Å²) in [5, 5.41) is 0. The molecule has 20 heavy (non-hydrogen) atoms. The molecule has 4 unspecified atom stereocenters. The number of methoxy groups -OCH3 is 2. The molecule has 0 spiro atoms. The van der Waals surface area contributed by atoms with Crippen LogP contribution in [0.25, 0.3) is 0 Å². The lowest BCUT2D eigenvalue weighted by Gasteiger charge is -2.41. The topological polar surface area (TPSA) is 36.9 Å². The molecule has 0 aromatic rings. The average Bonchev–Trinajstić information content (AvgIpc) is 2.48. The summed E-state index contributed by atoms with van der Waals surface area (Å²) in [7, 11) is 3.45. The first-order chi connectivity index (χ1) is 9.83.